The number of halogens is 8. The number of ether oxygens (including phenoxy) is 1. The Bertz CT molecular complexity index is 1330. The number of aryl methyl sites for hydroxylation is 1. The summed E-state index contributed by atoms with van der Waals surface area (Å²) in [4.78, 5) is 0. The van der Waals surface area contributed by atoms with Gasteiger partial charge in [-0.3, -0.25) is 0 Å². The number of benzene rings is 3. The van der Waals surface area contributed by atoms with E-state index >= 15 is 4.39 Å². The molecule has 0 fully saturated rings. The summed E-state index contributed by atoms with van der Waals surface area (Å²) in [6, 6.07) is 5.59. The van der Waals surface area contributed by atoms with E-state index in [1.807, 2.05) is 6.92 Å². The van der Waals surface area contributed by atoms with E-state index in [1.165, 1.54) is 18.2 Å². The molecule has 3 aromatic carbocycles. The third kappa shape index (κ3) is 5.81. The van der Waals surface area contributed by atoms with Crippen LogP contribution >= 0.6 is 0 Å². The molecule has 0 unspecified atom stereocenters. The maximum absolute atomic E-state index is 15.3. The molecule has 1 aliphatic carbocycles. The second-order valence-electron chi connectivity index (χ2n) is 8.87. The zero-order valence-electron chi connectivity index (χ0n) is 19.7. The van der Waals surface area contributed by atoms with Crippen LogP contribution in [0, 0.1) is 29.1 Å². The van der Waals surface area contributed by atoms with Crippen LogP contribution in [0.4, 0.5) is 35.1 Å². The Morgan fingerprint density at radius 3 is 2.08 bits per heavy atom. The Labute approximate surface area is 208 Å². The molecular formula is C28H22F8O. The Balaban J connectivity index is 1.68. The molecule has 1 aliphatic rings. The van der Waals surface area contributed by atoms with Crippen molar-refractivity contribution in [1.29, 1.82) is 0 Å². The monoisotopic (exact) mass is 526 g/mol. The lowest BCUT2D eigenvalue weighted by molar-refractivity contribution is -0.275. The van der Waals surface area contributed by atoms with E-state index < -0.39 is 46.8 Å². The van der Waals surface area contributed by atoms with Crippen molar-refractivity contribution in [3.8, 4) is 16.9 Å². The van der Waals surface area contributed by atoms with E-state index in [9.17, 15) is 30.7 Å². The second-order valence-corrected chi connectivity index (χ2v) is 8.87. The van der Waals surface area contributed by atoms with Crippen molar-refractivity contribution in [2.24, 2.45) is 0 Å². The van der Waals surface area contributed by atoms with Gasteiger partial charge in [-0.25, -0.2) is 22.0 Å². The summed E-state index contributed by atoms with van der Waals surface area (Å²) in [6.07, 6.45) is -0.543. The fourth-order valence-electron chi connectivity index (χ4n) is 4.56. The van der Waals surface area contributed by atoms with Gasteiger partial charge in [0.05, 0.1) is 5.56 Å². The number of fused-ring (bicyclic) bond motifs is 1. The molecule has 3 aromatic rings. The first-order valence-electron chi connectivity index (χ1n) is 11.7. The molecule has 0 atom stereocenters. The molecule has 0 amide bonds. The summed E-state index contributed by atoms with van der Waals surface area (Å²) in [7, 11) is 0. The molecule has 0 spiro atoms. The van der Waals surface area contributed by atoms with Crippen LogP contribution in [-0.2, 0) is 12.8 Å². The van der Waals surface area contributed by atoms with E-state index in [0.717, 1.165) is 31.4 Å². The molecule has 0 heterocycles. The third-order valence-electron chi connectivity index (χ3n) is 6.27. The van der Waals surface area contributed by atoms with Gasteiger partial charge in [0, 0.05) is 5.56 Å². The zero-order valence-corrected chi connectivity index (χ0v) is 19.7. The van der Waals surface area contributed by atoms with Crippen LogP contribution in [0.25, 0.3) is 22.8 Å². The van der Waals surface area contributed by atoms with Crippen molar-refractivity contribution in [3.05, 3.63) is 87.7 Å². The first-order valence-corrected chi connectivity index (χ1v) is 11.7. The maximum Gasteiger partial charge on any atom is 0.573 e. The summed E-state index contributed by atoms with van der Waals surface area (Å²) < 4.78 is 115. The minimum absolute atomic E-state index is 0.0187. The Kier molecular flexibility index (Phi) is 7.62. The van der Waals surface area contributed by atoms with Crippen molar-refractivity contribution in [3.63, 3.8) is 0 Å². The standard InChI is InChI=1S/C28H22F8O/c1-2-3-4-5-15-10-21(30)25(22(31)11-15)16-6-8-19-18(12-16)14-23(32)26(27(19)33)17-7-9-24(20(29)13-17)37-28(34,35)36/h7,9-14H,2-6,8H2,1H3. The van der Waals surface area contributed by atoms with Gasteiger partial charge in [-0.2, -0.15) is 0 Å². The van der Waals surface area contributed by atoms with Gasteiger partial charge in [0.15, 0.2) is 11.6 Å². The fourth-order valence-corrected chi connectivity index (χ4v) is 4.56. The van der Waals surface area contributed by atoms with Crippen molar-refractivity contribution in [2.45, 2.75) is 51.8 Å². The minimum atomic E-state index is -5.14. The molecule has 4 rings (SSSR count). The van der Waals surface area contributed by atoms with Crippen molar-refractivity contribution >= 4 is 11.6 Å². The van der Waals surface area contributed by atoms with Crippen LogP contribution < -0.4 is 4.74 Å². The smallest absolute Gasteiger partial charge is 0.403 e. The highest BCUT2D eigenvalue weighted by Crippen LogP contribution is 2.39. The Morgan fingerprint density at radius 1 is 0.784 bits per heavy atom. The molecule has 0 aromatic heterocycles. The molecule has 37 heavy (non-hydrogen) atoms. The molecule has 1 nitrogen and oxygen atoms in total. The van der Waals surface area contributed by atoms with E-state index in [-0.39, 0.29) is 40.7 Å². The lowest BCUT2D eigenvalue weighted by atomic mass is 9.85. The third-order valence-corrected chi connectivity index (χ3v) is 6.27. The normalized spacial score (nSPS) is 13.4. The molecule has 0 N–H and O–H groups in total. The van der Waals surface area contributed by atoms with Crippen molar-refractivity contribution < 1.29 is 39.9 Å². The quantitative estimate of drug-likeness (QED) is 0.220. The fraction of sp³-hybridized carbons (Fsp3) is 0.286. The van der Waals surface area contributed by atoms with Gasteiger partial charge in [0.2, 0.25) is 0 Å². The van der Waals surface area contributed by atoms with Crippen LogP contribution in [0.2, 0.25) is 0 Å². The molecule has 0 saturated heterocycles. The van der Waals surface area contributed by atoms with E-state index in [0.29, 0.717) is 24.1 Å². The van der Waals surface area contributed by atoms with Crippen molar-refractivity contribution in [1.82, 2.24) is 0 Å². The van der Waals surface area contributed by atoms with Gasteiger partial charge >= 0.3 is 6.36 Å². The number of hydrogen-bond donors (Lipinski definition) is 0. The first kappa shape index (κ1) is 26.7. The van der Waals surface area contributed by atoms with Gasteiger partial charge in [-0.15, -0.1) is 13.2 Å². The predicted octanol–water partition coefficient (Wildman–Crippen LogP) is 9.17. The summed E-state index contributed by atoms with van der Waals surface area (Å²) in [5, 5.41) is 0. The van der Waals surface area contributed by atoms with Crippen LogP contribution in [0.3, 0.4) is 0 Å². The molecule has 196 valence electrons. The van der Waals surface area contributed by atoms with Gasteiger partial charge in [0.1, 0.15) is 23.3 Å². The predicted molar refractivity (Wildman–Crippen MR) is 124 cm³/mol. The number of rotatable bonds is 7. The van der Waals surface area contributed by atoms with Crippen molar-refractivity contribution in [2.75, 3.05) is 0 Å². The number of allylic oxidation sites excluding steroid dienone is 1. The second kappa shape index (κ2) is 10.6. The first-order chi connectivity index (χ1) is 17.5. The van der Waals surface area contributed by atoms with Gasteiger partial charge in [-0.1, -0.05) is 31.9 Å². The summed E-state index contributed by atoms with van der Waals surface area (Å²) >= 11 is 0. The average molecular weight is 526 g/mol. The molecule has 9 heteroatoms. The topological polar surface area (TPSA) is 9.23 Å². The summed E-state index contributed by atoms with van der Waals surface area (Å²) in [6.45, 7) is 2.02. The lowest BCUT2D eigenvalue weighted by Crippen LogP contribution is -2.18. The highest BCUT2D eigenvalue weighted by molar-refractivity contribution is 5.86. The summed E-state index contributed by atoms with van der Waals surface area (Å²) in [5.74, 6) is -6.22. The molecule has 0 bridgehead atoms. The molecule has 0 radical (unpaired) electrons. The highest BCUT2D eigenvalue weighted by atomic mass is 19.4. The van der Waals surface area contributed by atoms with E-state index in [4.69, 9.17) is 0 Å². The highest BCUT2D eigenvalue weighted by Gasteiger charge is 2.33. The minimum Gasteiger partial charge on any atom is -0.403 e. The number of hydrogen-bond acceptors (Lipinski definition) is 1. The van der Waals surface area contributed by atoms with Gasteiger partial charge < -0.3 is 4.74 Å². The molecule has 0 aliphatic heterocycles. The lowest BCUT2D eigenvalue weighted by Gasteiger charge is -2.21. The Morgan fingerprint density at radius 2 is 1.46 bits per heavy atom. The molecular weight excluding hydrogens is 504 g/mol. The SMILES string of the molecule is CCCCCc1cc(F)c(C2=Cc3cc(F)c(-c4ccc(OC(F)(F)F)c(F)c4)c(F)c3CC2)c(F)c1. The zero-order chi connectivity index (χ0) is 26.9. The van der Waals surface area contributed by atoms with E-state index in [1.54, 1.807) is 0 Å². The molecule has 0 saturated carbocycles. The van der Waals surface area contributed by atoms with Crippen LogP contribution in [0.1, 0.15) is 54.9 Å². The average Bonchev–Trinajstić information content (AvgIpc) is 2.79. The number of alkyl halides is 3. The maximum atomic E-state index is 15.3. The number of unbranched alkanes of at least 4 members (excludes halogenated alkanes) is 2. The Hall–Kier alpha value is -3.36. The van der Waals surface area contributed by atoms with E-state index in [2.05, 4.69) is 4.74 Å². The van der Waals surface area contributed by atoms with Gasteiger partial charge in [0.25, 0.3) is 0 Å². The van der Waals surface area contributed by atoms with Crippen LogP contribution in [-0.4, -0.2) is 6.36 Å². The van der Waals surface area contributed by atoms with Crippen LogP contribution in [0.15, 0.2) is 36.4 Å². The van der Waals surface area contributed by atoms with Crippen LogP contribution in [0.5, 0.6) is 5.75 Å². The van der Waals surface area contributed by atoms with Gasteiger partial charge in [-0.05, 0) is 83.8 Å². The largest absolute Gasteiger partial charge is 0.573 e. The summed E-state index contributed by atoms with van der Waals surface area (Å²) in [5.41, 5.74) is -0.302.